The Morgan fingerprint density at radius 3 is 2.50 bits per heavy atom. The Bertz CT molecular complexity index is 247. The zero-order valence-corrected chi connectivity index (χ0v) is 9.63. The van der Waals surface area contributed by atoms with Gasteiger partial charge in [0.25, 0.3) is 0 Å². The Morgan fingerprint density at radius 1 is 1.50 bits per heavy atom. The lowest BCUT2D eigenvalue weighted by molar-refractivity contribution is -0.121. The Morgan fingerprint density at radius 2 is 2.07 bits per heavy atom. The summed E-state index contributed by atoms with van der Waals surface area (Å²) in [4.78, 5) is 11.2. The molecule has 2 nitrogen and oxygen atoms in total. The first-order chi connectivity index (χ1) is 6.45. The number of rotatable bonds is 5. The van der Waals surface area contributed by atoms with Crippen molar-refractivity contribution in [3.8, 4) is 0 Å². The van der Waals surface area contributed by atoms with E-state index in [1.165, 1.54) is 0 Å². The summed E-state index contributed by atoms with van der Waals surface area (Å²) in [6.07, 6.45) is 0. The Hall–Kier alpha value is -0.790. The number of nitrogens with one attached hydrogen (secondary N) is 1. The highest BCUT2D eigenvalue weighted by Gasteiger charge is 2.50. The van der Waals surface area contributed by atoms with Crippen molar-refractivity contribution in [1.29, 1.82) is 0 Å². The third-order valence-corrected chi connectivity index (χ3v) is 3.49. The molecule has 0 aromatic heterocycles. The smallest absolute Gasteiger partial charge is 0.132 e. The number of ketones is 1. The van der Waals surface area contributed by atoms with Gasteiger partial charge in [-0.05, 0) is 31.6 Å². The highest BCUT2D eigenvalue weighted by Crippen LogP contribution is 2.50. The van der Waals surface area contributed by atoms with Crippen molar-refractivity contribution in [1.82, 2.24) is 5.32 Å². The van der Waals surface area contributed by atoms with Crippen LogP contribution in [-0.2, 0) is 4.79 Å². The number of hydrogen-bond donors (Lipinski definition) is 1. The average molecular weight is 195 g/mol. The van der Waals surface area contributed by atoms with Crippen LogP contribution in [0.15, 0.2) is 12.3 Å². The van der Waals surface area contributed by atoms with Gasteiger partial charge in [0.05, 0.1) is 0 Å². The maximum absolute atomic E-state index is 11.2. The van der Waals surface area contributed by atoms with Crippen LogP contribution >= 0.6 is 0 Å². The largest absolute Gasteiger partial charge is 0.389 e. The summed E-state index contributed by atoms with van der Waals surface area (Å²) in [6, 6.07) is 0. The molecule has 0 amide bonds. The molecule has 2 unspecified atom stereocenters. The van der Waals surface area contributed by atoms with E-state index < -0.39 is 0 Å². The van der Waals surface area contributed by atoms with Crippen molar-refractivity contribution in [3.63, 3.8) is 0 Å². The van der Waals surface area contributed by atoms with Gasteiger partial charge in [-0.25, -0.2) is 0 Å². The van der Waals surface area contributed by atoms with Crippen LogP contribution in [0.3, 0.4) is 0 Å². The maximum Gasteiger partial charge on any atom is 0.132 e. The van der Waals surface area contributed by atoms with Crippen LogP contribution < -0.4 is 5.32 Å². The fourth-order valence-corrected chi connectivity index (χ4v) is 2.29. The molecule has 0 bridgehead atoms. The van der Waals surface area contributed by atoms with Crippen molar-refractivity contribution in [2.24, 2.45) is 23.7 Å². The first kappa shape index (κ1) is 11.3. The summed E-state index contributed by atoms with van der Waals surface area (Å²) < 4.78 is 0. The van der Waals surface area contributed by atoms with Gasteiger partial charge < -0.3 is 5.32 Å². The number of hydrogen-bond acceptors (Lipinski definition) is 2. The minimum Gasteiger partial charge on any atom is -0.389 e. The summed E-state index contributed by atoms with van der Waals surface area (Å²) in [5.41, 5.74) is 1.01. The van der Waals surface area contributed by atoms with Crippen LogP contribution in [-0.4, -0.2) is 12.3 Å². The summed E-state index contributed by atoms with van der Waals surface area (Å²) in [5, 5.41) is 3.26. The molecule has 1 fully saturated rings. The van der Waals surface area contributed by atoms with E-state index in [0.29, 0.717) is 23.5 Å². The molecule has 0 spiro atoms. The minimum absolute atomic E-state index is 0.224. The van der Waals surface area contributed by atoms with Gasteiger partial charge >= 0.3 is 0 Å². The monoisotopic (exact) mass is 195 g/mol. The molecule has 14 heavy (non-hydrogen) atoms. The zero-order chi connectivity index (χ0) is 10.9. The Labute approximate surface area is 86.8 Å². The fraction of sp³-hybridized carbons (Fsp3) is 0.750. The van der Waals surface area contributed by atoms with Crippen LogP contribution in [0.2, 0.25) is 0 Å². The lowest BCUT2D eigenvalue weighted by Crippen LogP contribution is -2.17. The number of Topliss-reactive ketones (excluding diaryl/α,β-unsaturated/α-hetero) is 1. The van der Waals surface area contributed by atoms with Crippen molar-refractivity contribution in [3.05, 3.63) is 12.3 Å². The highest BCUT2D eigenvalue weighted by atomic mass is 16.1. The first-order valence-corrected chi connectivity index (χ1v) is 5.35. The van der Waals surface area contributed by atoms with Crippen molar-refractivity contribution >= 4 is 5.78 Å². The predicted molar refractivity (Wildman–Crippen MR) is 58.8 cm³/mol. The van der Waals surface area contributed by atoms with Crippen LogP contribution in [0, 0.1) is 23.7 Å². The van der Waals surface area contributed by atoms with Gasteiger partial charge in [0.15, 0.2) is 0 Å². The third-order valence-electron chi connectivity index (χ3n) is 3.49. The predicted octanol–water partition coefficient (Wildman–Crippen LogP) is 2.22. The van der Waals surface area contributed by atoms with Crippen molar-refractivity contribution < 1.29 is 4.79 Å². The average Bonchev–Trinajstić information content (AvgIpc) is 2.71. The summed E-state index contributed by atoms with van der Waals surface area (Å²) in [6.45, 7) is 12.7. The quantitative estimate of drug-likeness (QED) is 0.728. The molecule has 2 heteroatoms. The Kier molecular flexibility index (Phi) is 3.35. The van der Waals surface area contributed by atoms with E-state index in [1.54, 1.807) is 6.92 Å². The molecule has 0 saturated heterocycles. The normalized spacial score (nSPS) is 32.1. The summed E-state index contributed by atoms with van der Waals surface area (Å²) in [5.74, 6) is 2.47. The van der Waals surface area contributed by atoms with Crippen LogP contribution in [0.25, 0.3) is 0 Å². The second kappa shape index (κ2) is 4.16. The lowest BCUT2D eigenvalue weighted by Gasteiger charge is -2.07. The van der Waals surface area contributed by atoms with E-state index in [-0.39, 0.29) is 5.92 Å². The molecule has 1 N–H and O–H groups in total. The highest BCUT2D eigenvalue weighted by molar-refractivity contribution is 5.78. The van der Waals surface area contributed by atoms with Crippen molar-refractivity contribution in [2.45, 2.75) is 27.7 Å². The molecule has 0 radical (unpaired) electrons. The van der Waals surface area contributed by atoms with E-state index in [4.69, 9.17) is 0 Å². The number of allylic oxidation sites excluding steroid dienone is 1. The fourth-order valence-electron chi connectivity index (χ4n) is 2.29. The topological polar surface area (TPSA) is 29.1 Å². The van der Waals surface area contributed by atoms with Gasteiger partial charge in [-0.15, -0.1) is 0 Å². The van der Waals surface area contributed by atoms with Gasteiger partial charge in [0, 0.05) is 18.2 Å². The number of carbonyl (C=O) groups is 1. The summed E-state index contributed by atoms with van der Waals surface area (Å²) >= 11 is 0. The molecule has 0 aliphatic heterocycles. The molecule has 1 aliphatic carbocycles. The molecule has 1 rings (SSSR count). The minimum atomic E-state index is 0.224. The van der Waals surface area contributed by atoms with E-state index >= 15 is 0 Å². The second-order valence-electron chi connectivity index (χ2n) is 4.66. The molecule has 0 aromatic carbocycles. The first-order valence-electron chi connectivity index (χ1n) is 5.35. The summed E-state index contributed by atoms with van der Waals surface area (Å²) in [7, 11) is 0. The molecule has 80 valence electrons. The van der Waals surface area contributed by atoms with E-state index in [2.05, 4.69) is 18.8 Å². The van der Waals surface area contributed by atoms with Crippen molar-refractivity contribution in [2.75, 3.05) is 6.54 Å². The molecule has 0 heterocycles. The van der Waals surface area contributed by atoms with E-state index in [0.717, 1.165) is 12.2 Å². The standard InChI is InChI=1S/C12H21NO/c1-7(2)13-6-11-9(4)12(11)8(3)10(5)14/h8-9,11-13H,1,6H2,2-5H3/t8?,9?,11-,12+/m1/s1. The Balaban J connectivity index is 2.38. The molecule has 1 saturated carbocycles. The zero-order valence-electron chi connectivity index (χ0n) is 9.63. The maximum atomic E-state index is 11.2. The third kappa shape index (κ3) is 2.37. The molecule has 1 aliphatic rings. The van der Waals surface area contributed by atoms with Crippen LogP contribution in [0.4, 0.5) is 0 Å². The SMILES string of the molecule is C=C(C)NC[C@@H]1C(C)[C@@H]1C(C)C(C)=O. The lowest BCUT2D eigenvalue weighted by atomic mass is 9.99. The second-order valence-corrected chi connectivity index (χ2v) is 4.66. The molecule has 4 atom stereocenters. The molecular weight excluding hydrogens is 174 g/mol. The van der Waals surface area contributed by atoms with E-state index in [9.17, 15) is 4.79 Å². The van der Waals surface area contributed by atoms with Gasteiger partial charge in [0.1, 0.15) is 5.78 Å². The van der Waals surface area contributed by atoms with Gasteiger partial charge in [-0.1, -0.05) is 20.4 Å². The molecule has 0 aromatic rings. The van der Waals surface area contributed by atoms with E-state index in [1.807, 2.05) is 13.8 Å². The molecular formula is C12H21NO. The van der Waals surface area contributed by atoms with Gasteiger partial charge in [-0.3, -0.25) is 4.79 Å². The van der Waals surface area contributed by atoms with Gasteiger partial charge in [0.2, 0.25) is 0 Å². The van der Waals surface area contributed by atoms with Crippen LogP contribution in [0.5, 0.6) is 0 Å². The number of carbonyl (C=O) groups excluding carboxylic acids is 1. The van der Waals surface area contributed by atoms with Crippen LogP contribution in [0.1, 0.15) is 27.7 Å². The van der Waals surface area contributed by atoms with Gasteiger partial charge in [-0.2, -0.15) is 0 Å².